The number of carboxylic acid groups (broad SMARTS) is 1. The van der Waals surface area contributed by atoms with Gasteiger partial charge < -0.3 is 5.11 Å². The van der Waals surface area contributed by atoms with Crippen molar-refractivity contribution in [3.05, 3.63) is 22.4 Å². The van der Waals surface area contributed by atoms with Gasteiger partial charge in [-0.05, 0) is 6.08 Å². The molecule has 0 amide bonds. The minimum atomic E-state index is -1.09. The second-order valence-corrected chi connectivity index (χ2v) is 1.73. The highest BCUT2D eigenvalue weighted by molar-refractivity contribution is 5.84. The van der Waals surface area contributed by atoms with Gasteiger partial charge in [0, 0.05) is 6.08 Å². The Morgan fingerprint density at radius 2 is 2.36 bits per heavy atom. The zero-order chi connectivity index (χ0) is 8.27. The van der Waals surface area contributed by atoms with Gasteiger partial charge in [0.1, 0.15) is 0 Å². The van der Waals surface area contributed by atoms with Crippen LogP contribution < -0.4 is 5.69 Å². The highest BCUT2D eigenvalue weighted by atomic mass is 16.4. The molecule has 1 aromatic heterocycles. The van der Waals surface area contributed by atoms with Crippen molar-refractivity contribution in [2.45, 2.75) is 0 Å². The molecular weight excluding hydrogens is 150 g/mol. The first-order valence-corrected chi connectivity index (χ1v) is 2.74. The van der Waals surface area contributed by atoms with E-state index in [1.807, 2.05) is 0 Å². The maximum absolute atomic E-state index is 10.4. The van der Waals surface area contributed by atoms with Crippen LogP contribution in [-0.4, -0.2) is 26.3 Å². The third-order valence-corrected chi connectivity index (χ3v) is 0.903. The average Bonchev–Trinajstić information content (AvgIpc) is 2.31. The largest absolute Gasteiger partial charge is 0.478 e. The Balaban J connectivity index is 2.79. The van der Waals surface area contributed by atoms with E-state index in [-0.39, 0.29) is 5.82 Å². The maximum atomic E-state index is 10.4. The van der Waals surface area contributed by atoms with Gasteiger partial charge in [-0.15, -0.1) is 0 Å². The fourth-order valence-corrected chi connectivity index (χ4v) is 0.512. The molecule has 0 saturated heterocycles. The Morgan fingerprint density at radius 1 is 1.64 bits per heavy atom. The van der Waals surface area contributed by atoms with Crippen LogP contribution in [0, 0.1) is 0 Å². The Hall–Kier alpha value is -1.85. The molecule has 0 spiro atoms. The molecule has 0 bridgehead atoms. The molecule has 1 rings (SSSR count). The van der Waals surface area contributed by atoms with Gasteiger partial charge in [0.15, 0.2) is 5.82 Å². The van der Waals surface area contributed by atoms with E-state index < -0.39 is 11.7 Å². The first-order valence-electron chi connectivity index (χ1n) is 2.74. The summed E-state index contributed by atoms with van der Waals surface area (Å²) in [7, 11) is 0. The van der Waals surface area contributed by atoms with Crippen molar-refractivity contribution in [1.29, 1.82) is 0 Å². The van der Waals surface area contributed by atoms with Gasteiger partial charge in [0.25, 0.3) is 0 Å². The van der Waals surface area contributed by atoms with Gasteiger partial charge in [-0.1, -0.05) is 0 Å². The number of hydrogen-bond donors (Lipinski definition) is 3. The second-order valence-electron chi connectivity index (χ2n) is 1.73. The molecule has 0 aliphatic rings. The predicted octanol–water partition coefficient (Wildman–Crippen LogP) is -0.804. The topological polar surface area (TPSA) is 98.8 Å². The number of carboxylic acids is 1. The minimum Gasteiger partial charge on any atom is -0.478 e. The number of H-pyrrole nitrogens is 2. The van der Waals surface area contributed by atoms with Crippen LogP contribution >= 0.6 is 0 Å². The van der Waals surface area contributed by atoms with E-state index in [9.17, 15) is 9.59 Å². The van der Waals surface area contributed by atoms with Crippen molar-refractivity contribution in [3.8, 4) is 0 Å². The molecule has 0 atom stereocenters. The lowest BCUT2D eigenvalue weighted by molar-refractivity contribution is -0.131. The molecule has 0 aromatic carbocycles. The smallest absolute Gasteiger partial charge is 0.340 e. The van der Waals surface area contributed by atoms with Gasteiger partial charge in [-0.2, -0.15) is 5.10 Å². The van der Waals surface area contributed by atoms with Crippen LogP contribution in [0.4, 0.5) is 0 Å². The van der Waals surface area contributed by atoms with Crippen molar-refractivity contribution < 1.29 is 9.90 Å². The van der Waals surface area contributed by atoms with Gasteiger partial charge >= 0.3 is 11.7 Å². The van der Waals surface area contributed by atoms with Crippen LogP contribution in [0.15, 0.2) is 10.9 Å². The van der Waals surface area contributed by atoms with E-state index in [2.05, 4.69) is 15.2 Å². The first-order chi connectivity index (χ1) is 5.18. The molecule has 1 heterocycles. The van der Waals surface area contributed by atoms with Gasteiger partial charge in [0.2, 0.25) is 0 Å². The summed E-state index contributed by atoms with van der Waals surface area (Å²) in [6, 6.07) is 0. The van der Waals surface area contributed by atoms with E-state index in [1.54, 1.807) is 0 Å². The quantitative estimate of drug-likeness (QED) is 0.486. The van der Waals surface area contributed by atoms with Crippen molar-refractivity contribution in [3.63, 3.8) is 0 Å². The highest BCUT2D eigenvalue weighted by Gasteiger charge is 1.92. The van der Waals surface area contributed by atoms with Crippen molar-refractivity contribution in [2.75, 3.05) is 0 Å². The van der Waals surface area contributed by atoms with Crippen molar-refractivity contribution >= 4 is 12.0 Å². The molecule has 0 radical (unpaired) electrons. The third kappa shape index (κ3) is 2.09. The minimum absolute atomic E-state index is 0.192. The Labute approximate surface area is 60.6 Å². The number of aromatic nitrogens is 3. The van der Waals surface area contributed by atoms with Crippen LogP contribution in [0.5, 0.6) is 0 Å². The summed E-state index contributed by atoms with van der Waals surface area (Å²) in [6.07, 6.45) is 2.06. The number of nitrogens with one attached hydrogen (secondary N) is 2. The molecule has 6 heteroatoms. The number of rotatable bonds is 2. The lowest BCUT2D eigenvalue weighted by Gasteiger charge is -1.77. The molecule has 58 valence electrons. The normalized spacial score (nSPS) is 10.5. The zero-order valence-corrected chi connectivity index (χ0v) is 5.37. The molecule has 6 nitrogen and oxygen atoms in total. The van der Waals surface area contributed by atoms with E-state index in [4.69, 9.17) is 5.11 Å². The number of aromatic amines is 2. The average molecular weight is 155 g/mol. The standard InChI is InChI=1S/C5H5N3O3/c9-4(10)2-1-3-6-5(11)8-7-3/h1-2H,(H,9,10)(H2,6,7,8,11)/b2-1+. The number of carbonyl (C=O) groups is 1. The monoisotopic (exact) mass is 155 g/mol. The summed E-state index contributed by atoms with van der Waals surface area (Å²) in [5.41, 5.74) is -0.463. The van der Waals surface area contributed by atoms with Crippen LogP contribution in [0.3, 0.4) is 0 Å². The fraction of sp³-hybridized carbons (Fsp3) is 0. The fourth-order valence-electron chi connectivity index (χ4n) is 0.512. The van der Waals surface area contributed by atoms with E-state index in [0.29, 0.717) is 0 Å². The summed E-state index contributed by atoms with van der Waals surface area (Å²) >= 11 is 0. The van der Waals surface area contributed by atoms with Gasteiger partial charge in [0.05, 0.1) is 0 Å². The van der Waals surface area contributed by atoms with E-state index in [1.165, 1.54) is 6.08 Å². The molecule has 3 N–H and O–H groups in total. The molecule has 0 aliphatic heterocycles. The molecule has 0 aliphatic carbocycles. The molecule has 0 saturated carbocycles. The lowest BCUT2D eigenvalue weighted by atomic mass is 10.5. The summed E-state index contributed by atoms with van der Waals surface area (Å²) in [5, 5.41) is 13.7. The molecule has 0 unspecified atom stereocenters. The van der Waals surface area contributed by atoms with Gasteiger partial charge in [-0.25, -0.2) is 14.7 Å². The summed E-state index contributed by atoms with van der Waals surface area (Å²) in [6.45, 7) is 0. The van der Waals surface area contributed by atoms with Gasteiger partial charge in [-0.3, -0.25) is 4.98 Å². The highest BCUT2D eigenvalue weighted by Crippen LogP contribution is 1.85. The maximum Gasteiger partial charge on any atom is 0.340 e. The molecule has 1 aromatic rings. The molecular formula is C5H5N3O3. The molecule has 11 heavy (non-hydrogen) atoms. The lowest BCUT2D eigenvalue weighted by Crippen LogP contribution is -2.00. The van der Waals surface area contributed by atoms with Crippen molar-refractivity contribution in [2.24, 2.45) is 0 Å². The van der Waals surface area contributed by atoms with Crippen molar-refractivity contribution in [1.82, 2.24) is 15.2 Å². The summed E-state index contributed by atoms with van der Waals surface area (Å²) < 4.78 is 0. The van der Waals surface area contributed by atoms with E-state index in [0.717, 1.165) is 6.08 Å². The third-order valence-electron chi connectivity index (χ3n) is 0.903. The number of aliphatic carboxylic acids is 1. The predicted molar refractivity (Wildman–Crippen MR) is 35.9 cm³/mol. The first kappa shape index (κ1) is 7.26. The summed E-state index contributed by atoms with van der Waals surface area (Å²) in [4.78, 5) is 22.6. The Morgan fingerprint density at radius 3 is 2.82 bits per heavy atom. The number of hydrogen-bond acceptors (Lipinski definition) is 3. The molecule has 0 fully saturated rings. The van der Waals surface area contributed by atoms with Crippen LogP contribution in [0.25, 0.3) is 6.08 Å². The van der Waals surface area contributed by atoms with Crippen LogP contribution in [-0.2, 0) is 4.79 Å². The Kier molecular flexibility index (Phi) is 1.86. The second kappa shape index (κ2) is 2.82. The Bertz CT molecular complexity index is 335. The number of nitrogens with zero attached hydrogens (tertiary/aromatic N) is 1. The van der Waals surface area contributed by atoms with E-state index >= 15 is 0 Å². The van der Waals surface area contributed by atoms with Crippen LogP contribution in [0.2, 0.25) is 0 Å². The zero-order valence-electron chi connectivity index (χ0n) is 5.37. The van der Waals surface area contributed by atoms with Crippen LogP contribution in [0.1, 0.15) is 5.82 Å². The summed E-state index contributed by atoms with van der Waals surface area (Å²) in [5.74, 6) is -0.897. The SMILES string of the molecule is O=C(O)/C=C/c1n[nH]c(=O)[nH]1.